The van der Waals surface area contributed by atoms with Crippen LogP contribution in [0, 0.1) is 0 Å². The molecule has 21 heavy (non-hydrogen) atoms. The second-order valence-corrected chi connectivity index (χ2v) is 6.62. The second kappa shape index (κ2) is 7.01. The molecule has 0 aromatic heterocycles. The molecule has 0 aliphatic carbocycles. The molecular formula is C15H11BrCl3NO. The standard InChI is InChI=1S/C15H11BrCl3NO/c1-8(11-4-2-10(18)7-14(11)19)20-15(21)12-6-9(17)3-5-13(12)16/h2-8H,1H3,(H,20,21). The number of hydrogen-bond donors (Lipinski definition) is 1. The van der Waals surface area contributed by atoms with E-state index in [1.807, 2.05) is 6.92 Å². The van der Waals surface area contributed by atoms with Crippen molar-refractivity contribution in [1.29, 1.82) is 0 Å². The molecule has 0 heterocycles. The molecule has 1 atom stereocenters. The Morgan fingerprint density at radius 1 is 1.10 bits per heavy atom. The summed E-state index contributed by atoms with van der Waals surface area (Å²) in [5, 5.41) is 4.46. The van der Waals surface area contributed by atoms with Crippen molar-refractivity contribution >= 4 is 56.6 Å². The minimum absolute atomic E-state index is 0.233. The van der Waals surface area contributed by atoms with Crippen LogP contribution in [0.15, 0.2) is 40.9 Å². The quantitative estimate of drug-likeness (QED) is 0.674. The Morgan fingerprint density at radius 3 is 2.38 bits per heavy atom. The van der Waals surface area contributed by atoms with Gasteiger partial charge in [0.25, 0.3) is 5.91 Å². The van der Waals surface area contributed by atoms with Crippen molar-refractivity contribution < 1.29 is 4.79 Å². The van der Waals surface area contributed by atoms with Crippen LogP contribution < -0.4 is 5.32 Å². The van der Waals surface area contributed by atoms with Crippen molar-refractivity contribution in [3.05, 3.63) is 67.1 Å². The Balaban J connectivity index is 2.20. The largest absolute Gasteiger partial charge is 0.345 e. The number of halogens is 4. The van der Waals surface area contributed by atoms with Gasteiger partial charge < -0.3 is 5.32 Å². The fourth-order valence-electron chi connectivity index (χ4n) is 1.88. The summed E-state index contributed by atoms with van der Waals surface area (Å²) < 4.78 is 0.679. The van der Waals surface area contributed by atoms with Crippen molar-refractivity contribution in [3.63, 3.8) is 0 Å². The van der Waals surface area contributed by atoms with Gasteiger partial charge in [-0.2, -0.15) is 0 Å². The molecule has 0 bridgehead atoms. The van der Waals surface area contributed by atoms with Crippen LogP contribution in [0.1, 0.15) is 28.9 Å². The highest BCUT2D eigenvalue weighted by molar-refractivity contribution is 9.10. The Labute approximate surface area is 146 Å². The SMILES string of the molecule is CC(NC(=O)c1cc(Cl)ccc1Br)c1ccc(Cl)cc1Cl. The van der Waals surface area contributed by atoms with Crippen LogP contribution >= 0.6 is 50.7 Å². The Kier molecular flexibility index (Phi) is 5.55. The number of carbonyl (C=O) groups excluding carboxylic acids is 1. The molecule has 0 fully saturated rings. The van der Waals surface area contributed by atoms with Gasteiger partial charge in [-0.3, -0.25) is 4.79 Å². The van der Waals surface area contributed by atoms with Gasteiger partial charge in [0.2, 0.25) is 0 Å². The summed E-state index contributed by atoms with van der Waals surface area (Å²) in [7, 11) is 0. The monoisotopic (exact) mass is 405 g/mol. The number of benzene rings is 2. The van der Waals surface area contributed by atoms with Crippen molar-refractivity contribution in [2.75, 3.05) is 0 Å². The van der Waals surface area contributed by atoms with Crippen LogP contribution in [-0.4, -0.2) is 5.91 Å². The lowest BCUT2D eigenvalue weighted by Crippen LogP contribution is -2.27. The maximum atomic E-state index is 12.3. The van der Waals surface area contributed by atoms with E-state index in [4.69, 9.17) is 34.8 Å². The smallest absolute Gasteiger partial charge is 0.252 e. The lowest BCUT2D eigenvalue weighted by Gasteiger charge is -2.16. The first-order valence-corrected chi connectivity index (χ1v) is 8.02. The topological polar surface area (TPSA) is 29.1 Å². The molecule has 0 saturated heterocycles. The van der Waals surface area contributed by atoms with Gasteiger partial charge in [0, 0.05) is 19.5 Å². The third-order valence-electron chi connectivity index (χ3n) is 2.95. The highest BCUT2D eigenvalue weighted by Gasteiger charge is 2.16. The molecule has 2 rings (SSSR count). The fourth-order valence-corrected chi connectivity index (χ4v) is 3.05. The highest BCUT2D eigenvalue weighted by atomic mass is 79.9. The summed E-state index contributed by atoms with van der Waals surface area (Å²) >= 11 is 21.3. The lowest BCUT2D eigenvalue weighted by molar-refractivity contribution is 0.0939. The summed E-state index contributed by atoms with van der Waals surface area (Å²) in [4.78, 5) is 12.3. The zero-order valence-electron chi connectivity index (χ0n) is 11.0. The Hall–Kier alpha value is -0.740. The minimum Gasteiger partial charge on any atom is -0.345 e. The van der Waals surface area contributed by atoms with Gasteiger partial charge >= 0.3 is 0 Å². The van der Waals surface area contributed by atoms with Crippen LogP contribution in [0.25, 0.3) is 0 Å². The Bertz CT molecular complexity index is 691. The number of hydrogen-bond acceptors (Lipinski definition) is 1. The van der Waals surface area contributed by atoms with Gasteiger partial charge in [-0.15, -0.1) is 0 Å². The molecule has 0 saturated carbocycles. The zero-order valence-corrected chi connectivity index (χ0v) is 14.8. The van der Waals surface area contributed by atoms with E-state index in [1.165, 1.54) is 0 Å². The maximum absolute atomic E-state index is 12.3. The molecule has 6 heteroatoms. The molecule has 0 spiro atoms. The summed E-state index contributed by atoms with van der Waals surface area (Å²) in [5.41, 5.74) is 1.27. The number of rotatable bonds is 3. The molecule has 0 aliphatic heterocycles. The van der Waals surface area contributed by atoms with Crippen LogP contribution in [0.3, 0.4) is 0 Å². The predicted octanol–water partition coefficient (Wildman–Crippen LogP) is 5.90. The van der Waals surface area contributed by atoms with Gasteiger partial charge in [0.15, 0.2) is 0 Å². The molecule has 2 aromatic rings. The van der Waals surface area contributed by atoms with Crippen LogP contribution in [0.5, 0.6) is 0 Å². The normalized spacial score (nSPS) is 12.0. The molecule has 2 aromatic carbocycles. The first-order valence-electron chi connectivity index (χ1n) is 6.09. The average Bonchev–Trinajstić information content (AvgIpc) is 2.41. The van der Waals surface area contributed by atoms with Gasteiger partial charge in [0.05, 0.1) is 11.6 Å². The van der Waals surface area contributed by atoms with Gasteiger partial charge in [0.1, 0.15) is 0 Å². The van der Waals surface area contributed by atoms with E-state index in [0.717, 1.165) is 5.56 Å². The van der Waals surface area contributed by atoms with Gasteiger partial charge in [-0.1, -0.05) is 40.9 Å². The molecule has 110 valence electrons. The predicted molar refractivity (Wildman–Crippen MR) is 91.5 cm³/mol. The van der Waals surface area contributed by atoms with Crippen LogP contribution in [0.2, 0.25) is 15.1 Å². The number of amides is 1. The van der Waals surface area contributed by atoms with E-state index in [9.17, 15) is 4.79 Å². The van der Waals surface area contributed by atoms with Crippen molar-refractivity contribution in [1.82, 2.24) is 5.32 Å². The molecule has 2 nitrogen and oxygen atoms in total. The van der Waals surface area contributed by atoms with Gasteiger partial charge in [-0.05, 0) is 58.7 Å². The van der Waals surface area contributed by atoms with Crippen LogP contribution in [-0.2, 0) is 0 Å². The van der Waals surface area contributed by atoms with E-state index >= 15 is 0 Å². The molecule has 1 amide bonds. The van der Waals surface area contributed by atoms with E-state index in [2.05, 4.69) is 21.2 Å². The van der Waals surface area contributed by atoms with Crippen LogP contribution in [0.4, 0.5) is 0 Å². The first-order chi connectivity index (χ1) is 9.88. The van der Waals surface area contributed by atoms with Crippen molar-refractivity contribution in [2.45, 2.75) is 13.0 Å². The number of carbonyl (C=O) groups is 1. The van der Waals surface area contributed by atoms with Crippen molar-refractivity contribution in [2.24, 2.45) is 0 Å². The minimum atomic E-state index is -0.256. The number of nitrogens with one attached hydrogen (secondary N) is 1. The third kappa shape index (κ3) is 4.13. The molecule has 0 aliphatic rings. The summed E-state index contributed by atoms with van der Waals surface area (Å²) in [6, 6.07) is 9.98. The summed E-state index contributed by atoms with van der Waals surface area (Å²) in [6.07, 6.45) is 0. The fraction of sp³-hybridized carbons (Fsp3) is 0.133. The second-order valence-electron chi connectivity index (χ2n) is 4.49. The first kappa shape index (κ1) is 16.6. The van der Waals surface area contributed by atoms with E-state index in [1.54, 1.807) is 36.4 Å². The van der Waals surface area contributed by atoms with E-state index in [-0.39, 0.29) is 11.9 Å². The highest BCUT2D eigenvalue weighted by Crippen LogP contribution is 2.27. The van der Waals surface area contributed by atoms with Gasteiger partial charge in [-0.25, -0.2) is 0 Å². The van der Waals surface area contributed by atoms with Crippen molar-refractivity contribution in [3.8, 4) is 0 Å². The zero-order chi connectivity index (χ0) is 15.6. The Morgan fingerprint density at radius 2 is 1.71 bits per heavy atom. The molecule has 1 N–H and O–H groups in total. The third-order valence-corrected chi connectivity index (χ3v) is 4.44. The summed E-state index contributed by atoms with van der Waals surface area (Å²) in [5.74, 6) is -0.233. The van der Waals surface area contributed by atoms with E-state index < -0.39 is 0 Å². The maximum Gasteiger partial charge on any atom is 0.252 e. The molecule has 1 unspecified atom stereocenters. The van der Waals surface area contributed by atoms with E-state index in [0.29, 0.717) is 25.1 Å². The molecular weight excluding hydrogens is 396 g/mol. The summed E-state index contributed by atoms with van der Waals surface area (Å²) in [6.45, 7) is 1.85. The lowest BCUT2D eigenvalue weighted by atomic mass is 10.1. The molecule has 0 radical (unpaired) electrons. The average molecular weight is 408 g/mol.